The summed E-state index contributed by atoms with van der Waals surface area (Å²) in [6.07, 6.45) is 5.35. The maximum absolute atomic E-state index is 11.5. The Balaban J connectivity index is 1.87. The van der Waals surface area contributed by atoms with Crippen molar-refractivity contribution in [3.8, 4) is 11.5 Å². The zero-order valence-electron chi connectivity index (χ0n) is 19.3. The van der Waals surface area contributed by atoms with Crippen molar-refractivity contribution in [3.05, 3.63) is 23.3 Å². The molecule has 0 amide bonds. The van der Waals surface area contributed by atoms with Crippen LogP contribution < -0.4 is 8.37 Å². The molecule has 1 aromatic carbocycles. The molecular formula is C22H32O9S2. The van der Waals surface area contributed by atoms with Gasteiger partial charge in [-0.2, -0.15) is 16.8 Å². The molecule has 33 heavy (non-hydrogen) atoms. The molecule has 1 heterocycles. The fourth-order valence-electron chi connectivity index (χ4n) is 7.08. The minimum atomic E-state index is -4.82. The molecule has 4 rings (SSSR count). The van der Waals surface area contributed by atoms with Gasteiger partial charge in [0.05, 0.1) is 12.2 Å². The van der Waals surface area contributed by atoms with Crippen LogP contribution in [0.1, 0.15) is 70.9 Å². The summed E-state index contributed by atoms with van der Waals surface area (Å²) < 4.78 is 80.6. The average Bonchev–Trinajstić information content (AvgIpc) is 2.79. The molecule has 0 unspecified atom stereocenters. The third kappa shape index (κ3) is 4.62. The zero-order valence-corrected chi connectivity index (χ0v) is 21.0. The fraction of sp³-hybridized carbons (Fsp3) is 0.727. The lowest BCUT2D eigenvalue weighted by Crippen LogP contribution is -2.58. The highest BCUT2D eigenvalue weighted by Gasteiger charge is 2.59. The van der Waals surface area contributed by atoms with Crippen LogP contribution in [0.4, 0.5) is 0 Å². The molecule has 0 bridgehead atoms. The van der Waals surface area contributed by atoms with Crippen LogP contribution in [0.5, 0.6) is 11.5 Å². The van der Waals surface area contributed by atoms with Crippen LogP contribution in [0.25, 0.3) is 0 Å². The van der Waals surface area contributed by atoms with E-state index in [9.17, 15) is 25.9 Å². The van der Waals surface area contributed by atoms with Crippen molar-refractivity contribution < 1.29 is 39.0 Å². The van der Waals surface area contributed by atoms with E-state index in [4.69, 9.17) is 13.1 Å². The third-order valence-electron chi connectivity index (χ3n) is 8.43. The summed E-state index contributed by atoms with van der Waals surface area (Å²) in [5.41, 5.74) is 0.175. The Morgan fingerprint density at radius 2 is 1.45 bits per heavy atom. The number of rotatable bonds is 4. The molecule has 4 atom stereocenters. The normalized spacial score (nSPS) is 33.8. The van der Waals surface area contributed by atoms with Gasteiger partial charge in [0.2, 0.25) is 0 Å². The number of benzene rings is 1. The molecular weight excluding hydrogens is 472 g/mol. The highest BCUT2D eigenvalue weighted by Crippen LogP contribution is 2.64. The van der Waals surface area contributed by atoms with Gasteiger partial charge >= 0.3 is 20.8 Å². The first-order valence-electron chi connectivity index (χ1n) is 11.2. The van der Waals surface area contributed by atoms with Crippen LogP contribution in [0.3, 0.4) is 0 Å². The van der Waals surface area contributed by atoms with Gasteiger partial charge in [0.1, 0.15) is 5.75 Å². The maximum atomic E-state index is 11.5. The summed E-state index contributed by atoms with van der Waals surface area (Å²) in [7, 11) is -9.64. The van der Waals surface area contributed by atoms with Crippen molar-refractivity contribution in [2.45, 2.75) is 78.4 Å². The summed E-state index contributed by atoms with van der Waals surface area (Å²) in [5.74, 6) is 0.145. The Morgan fingerprint density at radius 1 is 0.879 bits per heavy atom. The van der Waals surface area contributed by atoms with Gasteiger partial charge in [-0.3, -0.25) is 9.11 Å². The predicted octanol–water partition coefficient (Wildman–Crippen LogP) is 4.12. The van der Waals surface area contributed by atoms with Crippen LogP contribution >= 0.6 is 0 Å². The summed E-state index contributed by atoms with van der Waals surface area (Å²) >= 11 is 0. The molecule has 1 aliphatic heterocycles. The van der Waals surface area contributed by atoms with Gasteiger partial charge in [-0.25, -0.2) is 0 Å². The van der Waals surface area contributed by atoms with E-state index < -0.39 is 26.4 Å². The van der Waals surface area contributed by atoms with Crippen molar-refractivity contribution in [3.63, 3.8) is 0 Å². The first kappa shape index (κ1) is 24.7. The van der Waals surface area contributed by atoms with Gasteiger partial charge in [0, 0.05) is 11.1 Å². The minimum absolute atomic E-state index is 0.0192. The lowest BCUT2D eigenvalue weighted by molar-refractivity contribution is -0.191. The summed E-state index contributed by atoms with van der Waals surface area (Å²) in [5, 5.41) is 0. The van der Waals surface area contributed by atoms with E-state index in [0.717, 1.165) is 32.1 Å². The van der Waals surface area contributed by atoms with Crippen LogP contribution in [-0.2, 0) is 38.6 Å². The number of hydrogen-bond acceptors (Lipinski definition) is 7. The van der Waals surface area contributed by atoms with Gasteiger partial charge in [-0.05, 0) is 73.8 Å². The maximum Gasteiger partial charge on any atom is 0.446 e. The predicted molar refractivity (Wildman–Crippen MR) is 120 cm³/mol. The minimum Gasteiger partial charge on any atom is -0.370 e. The van der Waals surface area contributed by atoms with Crippen molar-refractivity contribution >= 4 is 20.8 Å². The average molecular weight is 505 g/mol. The quantitative estimate of drug-likeness (QED) is 0.580. The van der Waals surface area contributed by atoms with Gasteiger partial charge in [0.25, 0.3) is 0 Å². The standard InChI is InChI=1S/C22H32O9S2/c1-20(2)9-5-10-21(3)18(20)8-11-22(4)19(21)12-14-15(13-29-22)17(31-33(26,27)28)7-6-16(14)30-32(23,24)25/h6-7,18-19H,5,8-13H2,1-4H3,(H,23,24,25)(H,26,27,28)/t18-,19+,21-,22+/m0/s1. The second kappa shape index (κ2) is 7.81. The second-order valence-electron chi connectivity index (χ2n) is 10.8. The number of hydrogen-bond donors (Lipinski definition) is 2. The molecule has 186 valence electrons. The van der Waals surface area contributed by atoms with E-state index in [1.807, 2.05) is 0 Å². The Kier molecular flexibility index (Phi) is 5.85. The van der Waals surface area contributed by atoms with Crippen LogP contribution in [0.15, 0.2) is 12.1 Å². The van der Waals surface area contributed by atoms with Crippen molar-refractivity contribution in [2.24, 2.45) is 22.7 Å². The number of ether oxygens (including phenoxy) is 1. The van der Waals surface area contributed by atoms with E-state index in [2.05, 4.69) is 27.7 Å². The molecule has 0 spiro atoms. The molecule has 2 saturated carbocycles. The molecule has 1 aromatic rings. The summed E-state index contributed by atoms with van der Waals surface area (Å²) in [4.78, 5) is 0. The van der Waals surface area contributed by atoms with Crippen molar-refractivity contribution in [1.29, 1.82) is 0 Å². The van der Waals surface area contributed by atoms with Gasteiger partial charge in [0.15, 0.2) is 5.75 Å². The Hall–Kier alpha value is -1.40. The molecule has 0 radical (unpaired) electrons. The highest BCUT2D eigenvalue weighted by molar-refractivity contribution is 7.81. The molecule has 2 fully saturated rings. The van der Waals surface area contributed by atoms with Gasteiger partial charge in [-0.1, -0.05) is 27.2 Å². The van der Waals surface area contributed by atoms with Crippen LogP contribution in [0.2, 0.25) is 0 Å². The van der Waals surface area contributed by atoms with Crippen molar-refractivity contribution in [2.75, 3.05) is 0 Å². The zero-order chi connectivity index (χ0) is 24.4. The fourth-order valence-corrected chi connectivity index (χ4v) is 7.85. The van der Waals surface area contributed by atoms with E-state index >= 15 is 0 Å². The van der Waals surface area contributed by atoms with E-state index in [-0.39, 0.29) is 40.4 Å². The van der Waals surface area contributed by atoms with E-state index in [1.54, 1.807) is 0 Å². The number of fused-ring (bicyclic) bond motifs is 4. The van der Waals surface area contributed by atoms with E-state index in [1.165, 1.54) is 12.1 Å². The highest BCUT2D eigenvalue weighted by atomic mass is 32.3. The summed E-state index contributed by atoms with van der Waals surface area (Å²) in [6, 6.07) is 2.41. The van der Waals surface area contributed by atoms with Gasteiger partial charge < -0.3 is 13.1 Å². The molecule has 11 heteroatoms. The summed E-state index contributed by atoms with van der Waals surface area (Å²) in [6.45, 7) is 8.87. The second-order valence-corrected chi connectivity index (χ2v) is 12.9. The Labute approximate surface area is 195 Å². The molecule has 9 nitrogen and oxygen atoms in total. The molecule has 2 aliphatic carbocycles. The molecule has 3 aliphatic rings. The van der Waals surface area contributed by atoms with E-state index in [0.29, 0.717) is 17.9 Å². The van der Waals surface area contributed by atoms with Crippen molar-refractivity contribution in [1.82, 2.24) is 0 Å². The van der Waals surface area contributed by atoms with Crippen LogP contribution in [0, 0.1) is 22.7 Å². The first-order chi connectivity index (χ1) is 15.0. The molecule has 2 N–H and O–H groups in total. The first-order valence-corrected chi connectivity index (χ1v) is 13.9. The topological polar surface area (TPSA) is 136 Å². The molecule has 0 aromatic heterocycles. The smallest absolute Gasteiger partial charge is 0.370 e. The Morgan fingerprint density at radius 3 is 2.03 bits per heavy atom. The lowest BCUT2D eigenvalue weighted by Gasteiger charge is -2.62. The third-order valence-corrected chi connectivity index (χ3v) is 9.21. The Bertz CT molecular complexity index is 1160. The molecule has 0 saturated heterocycles. The van der Waals surface area contributed by atoms with Crippen LogP contribution in [-0.4, -0.2) is 31.5 Å². The lowest BCUT2D eigenvalue weighted by atomic mass is 9.45. The largest absolute Gasteiger partial charge is 0.446 e. The monoisotopic (exact) mass is 504 g/mol. The SMILES string of the molecule is CC1(C)CCC[C@]2(C)[C@H]3Cc4c(OS(=O)(=O)O)ccc(OS(=O)(=O)O)c4CO[C@]3(C)CC[C@@H]12. The van der Waals surface area contributed by atoms with Gasteiger partial charge in [-0.15, -0.1) is 0 Å².